The zero-order chi connectivity index (χ0) is 15.5. The molecule has 1 aliphatic heterocycles. The van der Waals surface area contributed by atoms with Gasteiger partial charge in [0.25, 0.3) is 5.91 Å². The maximum atomic E-state index is 12.1. The molecule has 6 heteroatoms. The van der Waals surface area contributed by atoms with Gasteiger partial charge in [-0.05, 0) is 18.9 Å². The summed E-state index contributed by atoms with van der Waals surface area (Å²) in [6.45, 7) is 1.19. The van der Waals surface area contributed by atoms with Gasteiger partial charge in [-0.25, -0.2) is 0 Å². The summed E-state index contributed by atoms with van der Waals surface area (Å²) in [5.41, 5.74) is -0.0411. The fraction of sp³-hybridized carbons (Fsp3) is 0.562. The smallest absolute Gasteiger partial charge is 0.267 e. The summed E-state index contributed by atoms with van der Waals surface area (Å²) in [6.07, 6.45) is 5.13. The summed E-state index contributed by atoms with van der Waals surface area (Å²) in [7, 11) is 0. The maximum Gasteiger partial charge on any atom is 0.267 e. The molecular formula is C16H21N3O3. The Morgan fingerprint density at radius 2 is 2.05 bits per heavy atom. The van der Waals surface area contributed by atoms with Gasteiger partial charge < -0.3 is 15.2 Å². The van der Waals surface area contributed by atoms with E-state index in [2.05, 4.69) is 10.3 Å². The normalized spacial score (nSPS) is 22.3. The highest BCUT2D eigenvalue weighted by atomic mass is 16.2. The third-order valence-electron chi connectivity index (χ3n) is 4.57. The number of nitrogens with one attached hydrogen (secondary N) is 2. The SMILES string of the molecule is O=C(NCC1CC(=O)N(C2CCCC2)C1)c1cccc(=O)[nH]1. The second kappa shape index (κ2) is 6.34. The second-order valence-electron chi connectivity index (χ2n) is 6.19. The van der Waals surface area contributed by atoms with Gasteiger partial charge in [-0.1, -0.05) is 18.9 Å². The fourth-order valence-electron chi connectivity index (χ4n) is 3.43. The molecular weight excluding hydrogens is 282 g/mol. The minimum absolute atomic E-state index is 0.160. The summed E-state index contributed by atoms with van der Waals surface area (Å²) >= 11 is 0. The van der Waals surface area contributed by atoms with Crippen LogP contribution in [-0.2, 0) is 4.79 Å². The Morgan fingerprint density at radius 1 is 1.27 bits per heavy atom. The Bertz CT molecular complexity index is 619. The van der Waals surface area contributed by atoms with Crippen molar-refractivity contribution in [2.45, 2.75) is 38.1 Å². The lowest BCUT2D eigenvalue weighted by molar-refractivity contribution is -0.129. The third-order valence-corrected chi connectivity index (χ3v) is 4.57. The van der Waals surface area contributed by atoms with Crippen LogP contribution in [0.15, 0.2) is 23.0 Å². The van der Waals surface area contributed by atoms with Crippen molar-refractivity contribution in [1.29, 1.82) is 0 Å². The molecule has 6 nitrogen and oxygen atoms in total. The number of hydrogen-bond donors (Lipinski definition) is 2. The number of pyridine rings is 1. The van der Waals surface area contributed by atoms with Crippen LogP contribution in [-0.4, -0.2) is 40.8 Å². The zero-order valence-corrected chi connectivity index (χ0v) is 12.5. The van der Waals surface area contributed by atoms with Crippen molar-refractivity contribution < 1.29 is 9.59 Å². The minimum atomic E-state index is -0.301. The summed E-state index contributed by atoms with van der Waals surface area (Å²) in [6, 6.07) is 4.89. The highest BCUT2D eigenvalue weighted by Crippen LogP contribution is 2.29. The van der Waals surface area contributed by atoms with Gasteiger partial charge in [-0.3, -0.25) is 14.4 Å². The lowest BCUT2D eigenvalue weighted by Gasteiger charge is -2.24. The number of rotatable bonds is 4. The van der Waals surface area contributed by atoms with E-state index in [4.69, 9.17) is 0 Å². The highest BCUT2D eigenvalue weighted by molar-refractivity contribution is 5.92. The molecule has 22 heavy (non-hydrogen) atoms. The number of carbonyl (C=O) groups excluding carboxylic acids is 2. The topological polar surface area (TPSA) is 82.3 Å². The molecule has 0 spiro atoms. The lowest BCUT2D eigenvalue weighted by atomic mass is 10.1. The molecule has 0 aromatic carbocycles. The van der Waals surface area contributed by atoms with Gasteiger partial charge in [0.05, 0.1) is 0 Å². The van der Waals surface area contributed by atoms with Crippen molar-refractivity contribution in [3.8, 4) is 0 Å². The first-order valence-electron chi connectivity index (χ1n) is 7.90. The summed E-state index contributed by atoms with van der Waals surface area (Å²) in [5, 5.41) is 2.81. The number of aromatic amines is 1. The van der Waals surface area contributed by atoms with Gasteiger partial charge in [0.1, 0.15) is 5.69 Å². The van der Waals surface area contributed by atoms with Gasteiger partial charge in [-0.2, -0.15) is 0 Å². The molecule has 1 aliphatic carbocycles. The molecule has 2 fully saturated rings. The van der Waals surface area contributed by atoms with Crippen molar-refractivity contribution in [3.63, 3.8) is 0 Å². The molecule has 1 saturated carbocycles. The predicted octanol–water partition coefficient (Wildman–Crippen LogP) is 0.896. The molecule has 2 heterocycles. The van der Waals surface area contributed by atoms with E-state index in [1.165, 1.54) is 18.9 Å². The summed E-state index contributed by atoms with van der Waals surface area (Å²) in [4.78, 5) is 39.8. The largest absolute Gasteiger partial charge is 0.350 e. The molecule has 1 atom stereocenters. The van der Waals surface area contributed by atoms with Gasteiger partial charge in [0.2, 0.25) is 11.5 Å². The van der Waals surface area contributed by atoms with Crippen LogP contribution in [0.4, 0.5) is 0 Å². The molecule has 1 saturated heterocycles. The van der Waals surface area contributed by atoms with Gasteiger partial charge in [0.15, 0.2) is 0 Å². The Kier molecular flexibility index (Phi) is 4.27. The molecule has 3 rings (SSSR count). The summed E-state index contributed by atoms with van der Waals surface area (Å²) < 4.78 is 0. The van der Waals surface area contributed by atoms with Crippen LogP contribution >= 0.6 is 0 Å². The molecule has 0 bridgehead atoms. The number of hydrogen-bond acceptors (Lipinski definition) is 3. The van der Waals surface area contributed by atoms with Crippen LogP contribution in [0.2, 0.25) is 0 Å². The molecule has 2 amide bonds. The standard InChI is InChI=1S/C16H21N3O3/c20-14-7-3-6-13(18-14)16(22)17-9-11-8-15(21)19(10-11)12-4-1-2-5-12/h3,6-7,11-12H,1-2,4-5,8-10H2,(H,17,22)(H,18,20). The Balaban J connectivity index is 1.53. The Hall–Kier alpha value is -2.11. The third kappa shape index (κ3) is 3.21. The molecule has 2 aliphatic rings. The second-order valence-corrected chi connectivity index (χ2v) is 6.19. The number of amides is 2. The van der Waals surface area contributed by atoms with E-state index in [1.54, 1.807) is 12.1 Å². The number of nitrogens with zero attached hydrogens (tertiary/aromatic N) is 1. The number of likely N-dealkylation sites (tertiary alicyclic amines) is 1. The van der Waals surface area contributed by atoms with Crippen molar-refractivity contribution >= 4 is 11.8 Å². The number of carbonyl (C=O) groups is 2. The minimum Gasteiger partial charge on any atom is -0.350 e. The maximum absolute atomic E-state index is 12.1. The molecule has 1 aromatic heterocycles. The first-order chi connectivity index (χ1) is 10.6. The first kappa shape index (κ1) is 14.8. The van der Waals surface area contributed by atoms with Gasteiger partial charge >= 0.3 is 0 Å². The van der Waals surface area contributed by atoms with E-state index < -0.39 is 0 Å². The van der Waals surface area contributed by atoms with E-state index in [0.29, 0.717) is 19.0 Å². The number of aromatic nitrogens is 1. The van der Waals surface area contributed by atoms with Crippen molar-refractivity contribution in [2.24, 2.45) is 5.92 Å². The average Bonchev–Trinajstić information content (AvgIpc) is 3.14. The van der Waals surface area contributed by atoms with Gasteiger partial charge in [-0.15, -0.1) is 0 Å². The highest BCUT2D eigenvalue weighted by Gasteiger charge is 2.35. The van der Waals surface area contributed by atoms with Crippen LogP contribution in [0.25, 0.3) is 0 Å². The van der Waals surface area contributed by atoms with Crippen LogP contribution in [0.1, 0.15) is 42.6 Å². The quantitative estimate of drug-likeness (QED) is 0.867. The molecule has 1 unspecified atom stereocenters. The molecule has 0 radical (unpaired) electrons. The monoisotopic (exact) mass is 303 g/mol. The fourth-order valence-corrected chi connectivity index (χ4v) is 3.43. The Labute approximate surface area is 128 Å². The van der Waals surface area contributed by atoms with E-state index in [0.717, 1.165) is 19.4 Å². The molecule has 1 aromatic rings. The van der Waals surface area contributed by atoms with E-state index in [-0.39, 0.29) is 29.0 Å². The van der Waals surface area contributed by atoms with E-state index >= 15 is 0 Å². The zero-order valence-electron chi connectivity index (χ0n) is 12.5. The first-order valence-corrected chi connectivity index (χ1v) is 7.90. The van der Waals surface area contributed by atoms with Crippen LogP contribution in [0.5, 0.6) is 0 Å². The predicted molar refractivity (Wildman–Crippen MR) is 81.5 cm³/mol. The Morgan fingerprint density at radius 3 is 2.77 bits per heavy atom. The molecule has 2 N–H and O–H groups in total. The van der Waals surface area contributed by atoms with Crippen molar-refractivity contribution in [3.05, 3.63) is 34.2 Å². The van der Waals surface area contributed by atoms with E-state index in [1.807, 2.05) is 4.90 Å². The van der Waals surface area contributed by atoms with Crippen LogP contribution in [0, 0.1) is 5.92 Å². The summed E-state index contributed by atoms with van der Waals surface area (Å²) in [5.74, 6) is 0.0659. The number of H-pyrrole nitrogens is 1. The average molecular weight is 303 g/mol. The van der Waals surface area contributed by atoms with Crippen molar-refractivity contribution in [2.75, 3.05) is 13.1 Å². The van der Waals surface area contributed by atoms with E-state index in [9.17, 15) is 14.4 Å². The molecule has 118 valence electrons. The van der Waals surface area contributed by atoms with Gasteiger partial charge in [0, 0.05) is 37.5 Å². The van der Waals surface area contributed by atoms with Crippen molar-refractivity contribution in [1.82, 2.24) is 15.2 Å². The van der Waals surface area contributed by atoms with Crippen LogP contribution in [0.3, 0.4) is 0 Å². The lowest BCUT2D eigenvalue weighted by Crippen LogP contribution is -2.36. The van der Waals surface area contributed by atoms with Crippen LogP contribution < -0.4 is 10.9 Å².